The molecular weight excluding hydrogens is 900 g/mol. The molecule has 0 bridgehead atoms. The van der Waals surface area contributed by atoms with Gasteiger partial charge in [0.05, 0.1) is 11.0 Å². The number of rotatable bonds is 10. The fourth-order valence-electron chi connectivity index (χ4n) is 9.91. The van der Waals surface area contributed by atoms with Gasteiger partial charge in [0, 0.05) is 64.2 Å². The van der Waals surface area contributed by atoms with E-state index in [1.807, 2.05) is 194 Å². The van der Waals surface area contributed by atoms with E-state index >= 15 is 13.7 Å². The molecule has 0 spiro atoms. The van der Waals surface area contributed by atoms with Gasteiger partial charge in [0.15, 0.2) is 21.4 Å². The van der Waals surface area contributed by atoms with Crippen LogP contribution >= 0.6 is 21.4 Å². The Hall–Kier alpha value is -7.05. The van der Waals surface area contributed by atoms with Gasteiger partial charge in [0.25, 0.3) is 0 Å². The normalized spacial score (nSPS) is 13.1. The first-order valence-corrected chi connectivity index (χ1v) is 28.4. The average Bonchev–Trinajstić information content (AvgIpc) is 3.74. The Morgan fingerprint density at radius 3 is 1.01 bits per heavy atom. The van der Waals surface area contributed by atoms with E-state index in [9.17, 15) is 0 Å². The van der Waals surface area contributed by atoms with Gasteiger partial charge in [-0.3, -0.25) is 0 Å². The molecule has 11 aromatic rings. The Kier molecular flexibility index (Phi) is 11.3. The average molecular weight is 950 g/mol. The summed E-state index contributed by atoms with van der Waals surface area (Å²) in [5.41, 5.74) is 3.91. The zero-order valence-corrected chi connectivity index (χ0v) is 41.4. The smallest absolute Gasteiger partial charge is 0.171 e. The van der Waals surface area contributed by atoms with Crippen LogP contribution in [-0.4, -0.2) is 4.57 Å². The number of benzene rings is 10. The highest BCUT2D eigenvalue weighted by Crippen LogP contribution is 2.47. The van der Waals surface area contributed by atoms with Gasteiger partial charge in [-0.25, -0.2) is 0 Å². The molecule has 336 valence electrons. The molecule has 7 heteroatoms. The molecule has 4 nitrogen and oxygen atoms in total. The monoisotopic (exact) mass is 949 g/mol. The predicted octanol–water partition coefficient (Wildman–Crippen LogP) is 12.2. The molecule has 11 rings (SSSR count). The second kappa shape index (κ2) is 17.5. The van der Waals surface area contributed by atoms with Gasteiger partial charge in [-0.15, -0.1) is 0 Å². The van der Waals surface area contributed by atoms with Crippen molar-refractivity contribution in [1.29, 1.82) is 0 Å². The van der Waals surface area contributed by atoms with Crippen molar-refractivity contribution in [1.82, 2.24) is 4.57 Å². The van der Waals surface area contributed by atoms with E-state index in [1.54, 1.807) is 0 Å². The maximum Gasteiger partial charge on any atom is 0.171 e. The van der Waals surface area contributed by atoms with E-state index in [1.165, 1.54) is 5.56 Å². The van der Waals surface area contributed by atoms with E-state index < -0.39 is 21.4 Å². The summed E-state index contributed by atoms with van der Waals surface area (Å²) in [6.07, 6.45) is 0. The molecule has 0 saturated carbocycles. The van der Waals surface area contributed by atoms with Crippen LogP contribution in [0.1, 0.15) is 26.3 Å². The summed E-state index contributed by atoms with van der Waals surface area (Å²) in [4.78, 5) is 0. The van der Waals surface area contributed by atoms with Crippen LogP contribution in [0.4, 0.5) is 0 Å². The molecular formula is C62H50NO3P3. The number of hydrogen-bond acceptors (Lipinski definition) is 3. The molecule has 0 aliphatic heterocycles. The molecule has 69 heavy (non-hydrogen) atoms. The highest BCUT2D eigenvalue weighted by atomic mass is 31.2. The van der Waals surface area contributed by atoms with Gasteiger partial charge >= 0.3 is 0 Å². The summed E-state index contributed by atoms with van der Waals surface area (Å²) in [6.45, 7) is 6.65. The lowest BCUT2D eigenvalue weighted by molar-refractivity contribution is 0.591. The van der Waals surface area contributed by atoms with Crippen molar-refractivity contribution in [3.63, 3.8) is 0 Å². The van der Waals surface area contributed by atoms with Gasteiger partial charge in [-0.1, -0.05) is 203 Å². The lowest BCUT2D eigenvalue weighted by atomic mass is 9.86. The molecule has 0 fully saturated rings. The molecule has 0 N–H and O–H groups in total. The van der Waals surface area contributed by atoms with Gasteiger partial charge in [-0.05, 0) is 88.5 Å². The number of nitrogens with zero attached hydrogens (tertiary/aromatic N) is 1. The second-order valence-electron chi connectivity index (χ2n) is 18.8. The van der Waals surface area contributed by atoms with Crippen molar-refractivity contribution >= 4 is 102 Å². The molecule has 0 radical (unpaired) electrons. The van der Waals surface area contributed by atoms with Gasteiger partial charge in [0.2, 0.25) is 0 Å². The van der Waals surface area contributed by atoms with E-state index in [2.05, 4.69) is 79.9 Å². The van der Waals surface area contributed by atoms with Crippen LogP contribution in [0.25, 0.3) is 38.3 Å². The molecule has 0 amide bonds. The summed E-state index contributed by atoms with van der Waals surface area (Å²) in [5.74, 6) is 0. The van der Waals surface area contributed by atoms with E-state index in [-0.39, 0.29) is 5.41 Å². The number of aromatic nitrogens is 1. The van der Waals surface area contributed by atoms with Crippen LogP contribution in [0.15, 0.2) is 249 Å². The summed E-state index contributed by atoms with van der Waals surface area (Å²) in [5, 5.41) is 10.6. The molecule has 1 aromatic heterocycles. The van der Waals surface area contributed by atoms with Gasteiger partial charge in [0.1, 0.15) is 0 Å². The molecule has 1 unspecified atom stereocenters. The SMILES string of the molecule is CC(C)(C)c1ccc2cc(P(=O)(c3ccccc3)c3ccc4c(c3)c3cc(P(=O)(c5ccccc5)c5ccccc5)ccc3n4-c3ccc(P(=O)(c4ccccc4)c4ccccc4)cc3)ccc2c1. The van der Waals surface area contributed by atoms with E-state index in [0.717, 1.165) is 75.4 Å². The minimum Gasteiger partial charge on any atom is -0.309 e. The lowest BCUT2D eigenvalue weighted by Crippen LogP contribution is -2.25. The van der Waals surface area contributed by atoms with Crippen molar-refractivity contribution in [2.24, 2.45) is 0 Å². The Morgan fingerprint density at radius 2 is 0.609 bits per heavy atom. The van der Waals surface area contributed by atoms with Gasteiger partial charge < -0.3 is 18.3 Å². The lowest BCUT2D eigenvalue weighted by Gasteiger charge is -2.22. The first-order chi connectivity index (χ1) is 33.5. The standard InChI is InChI=1S/C62H50NO3P3/c1-62(2,3)47-31-29-46-42-55(34-30-45(46)41-47)69(66,53-27-17-8-18-28-53)57-38-40-61-59(44-57)58-43-56(68(65,51-23-13-6-14-24-51)52-25-15-7-16-26-52)37-39-60(58)63(61)48-32-35-54(36-33-48)67(64,49-19-9-4-10-20-49)50-21-11-5-12-22-50/h4-44H,1-3H3. The largest absolute Gasteiger partial charge is 0.309 e. The number of fused-ring (bicyclic) bond motifs is 4. The summed E-state index contributed by atoms with van der Waals surface area (Å²) < 4.78 is 50.0. The fourth-order valence-corrected chi connectivity index (χ4v) is 17.9. The van der Waals surface area contributed by atoms with Crippen LogP contribution in [0, 0.1) is 0 Å². The minimum absolute atomic E-state index is 0.00897. The first kappa shape index (κ1) is 44.5. The van der Waals surface area contributed by atoms with Crippen LogP contribution in [0.2, 0.25) is 0 Å². The second-order valence-corrected chi connectivity index (χ2v) is 27.1. The van der Waals surface area contributed by atoms with E-state index in [0.29, 0.717) is 10.6 Å². The van der Waals surface area contributed by atoms with Crippen LogP contribution in [0.3, 0.4) is 0 Å². The van der Waals surface area contributed by atoms with Gasteiger partial charge in [-0.2, -0.15) is 0 Å². The Morgan fingerprint density at radius 1 is 0.304 bits per heavy atom. The van der Waals surface area contributed by atoms with Crippen molar-refractivity contribution in [3.8, 4) is 5.69 Å². The highest BCUT2D eigenvalue weighted by Gasteiger charge is 2.34. The van der Waals surface area contributed by atoms with Crippen LogP contribution in [-0.2, 0) is 19.1 Å². The van der Waals surface area contributed by atoms with Crippen molar-refractivity contribution in [2.45, 2.75) is 26.2 Å². The fraction of sp³-hybridized carbons (Fsp3) is 0.0645. The summed E-state index contributed by atoms with van der Waals surface area (Å²) >= 11 is 0. The Bertz CT molecular complexity index is 3740. The molecule has 1 heterocycles. The molecule has 0 aliphatic carbocycles. The summed E-state index contributed by atoms with van der Waals surface area (Å²) in [7, 11) is -10.1. The molecule has 0 saturated heterocycles. The Balaban J connectivity index is 1.15. The third-order valence-corrected chi connectivity index (χ3v) is 22.8. The zero-order chi connectivity index (χ0) is 47.4. The molecule has 0 aliphatic rings. The summed E-state index contributed by atoms with van der Waals surface area (Å²) in [6, 6.07) is 82.0. The number of hydrogen-bond donors (Lipinski definition) is 0. The maximum atomic E-state index is 16.4. The third-order valence-electron chi connectivity index (χ3n) is 13.6. The van der Waals surface area contributed by atoms with Crippen molar-refractivity contribution < 1.29 is 13.7 Å². The predicted molar refractivity (Wildman–Crippen MR) is 295 cm³/mol. The van der Waals surface area contributed by atoms with Crippen LogP contribution in [0.5, 0.6) is 0 Å². The third kappa shape index (κ3) is 7.60. The maximum absolute atomic E-state index is 16.4. The molecule has 1 atom stereocenters. The highest BCUT2D eigenvalue weighted by molar-refractivity contribution is 7.86. The minimum atomic E-state index is -3.49. The van der Waals surface area contributed by atoms with Crippen molar-refractivity contribution in [2.75, 3.05) is 0 Å². The first-order valence-electron chi connectivity index (χ1n) is 23.3. The zero-order valence-electron chi connectivity index (χ0n) is 38.7. The van der Waals surface area contributed by atoms with E-state index in [4.69, 9.17) is 0 Å². The van der Waals surface area contributed by atoms with Crippen molar-refractivity contribution in [3.05, 3.63) is 254 Å². The van der Waals surface area contributed by atoms with Crippen LogP contribution < -0.4 is 47.7 Å². The quantitative estimate of drug-likeness (QED) is 0.128. The Labute approximate surface area is 404 Å². The topological polar surface area (TPSA) is 56.1 Å². The molecule has 10 aromatic carbocycles.